The Hall–Kier alpha value is -1.54. The van der Waals surface area contributed by atoms with Crippen LogP contribution in [-0.4, -0.2) is 39.6 Å². The van der Waals surface area contributed by atoms with E-state index in [1.54, 1.807) is 23.3 Å². The first-order chi connectivity index (χ1) is 9.10. The van der Waals surface area contributed by atoms with Gasteiger partial charge in [-0.1, -0.05) is 11.3 Å². The molecule has 0 unspecified atom stereocenters. The van der Waals surface area contributed by atoms with Gasteiger partial charge in [-0.2, -0.15) is 0 Å². The molecule has 1 N–H and O–H groups in total. The second-order valence-electron chi connectivity index (χ2n) is 3.96. The average Bonchev–Trinajstić information content (AvgIpc) is 2.98. The van der Waals surface area contributed by atoms with Crippen LogP contribution in [0.25, 0.3) is 0 Å². The van der Waals surface area contributed by atoms with Gasteiger partial charge in [0.2, 0.25) is 10.1 Å². The van der Waals surface area contributed by atoms with Gasteiger partial charge >= 0.3 is 0 Å². The lowest BCUT2D eigenvalue weighted by molar-refractivity contribution is 0.0782. The van der Waals surface area contributed by atoms with Crippen molar-refractivity contribution in [2.45, 2.75) is 20.4 Å². The molecule has 0 radical (unpaired) electrons. The molecule has 0 fully saturated rings. The molecular weight excluding hydrogens is 282 g/mol. The molecule has 19 heavy (non-hydrogen) atoms. The van der Waals surface area contributed by atoms with Crippen LogP contribution in [0.15, 0.2) is 5.38 Å². The van der Waals surface area contributed by atoms with Crippen molar-refractivity contribution in [1.82, 2.24) is 20.1 Å². The predicted octanol–water partition coefficient (Wildman–Crippen LogP) is 2.01. The Labute approximate surface area is 119 Å². The lowest BCUT2D eigenvalue weighted by Crippen LogP contribution is -2.26. The Morgan fingerprint density at radius 3 is 2.89 bits per heavy atom. The third kappa shape index (κ3) is 3.48. The third-order valence-corrected chi connectivity index (χ3v) is 4.04. The van der Waals surface area contributed by atoms with Crippen molar-refractivity contribution in [2.24, 2.45) is 0 Å². The van der Waals surface area contributed by atoms with Crippen LogP contribution in [0.2, 0.25) is 0 Å². The highest BCUT2D eigenvalue weighted by molar-refractivity contribution is 7.17. The van der Waals surface area contributed by atoms with E-state index in [1.165, 1.54) is 11.3 Å². The van der Waals surface area contributed by atoms with Gasteiger partial charge in [0.05, 0.1) is 17.2 Å². The fraction of sp³-hybridized carbons (Fsp3) is 0.455. The van der Waals surface area contributed by atoms with E-state index in [0.29, 0.717) is 16.7 Å². The van der Waals surface area contributed by atoms with Gasteiger partial charge in [0.1, 0.15) is 0 Å². The van der Waals surface area contributed by atoms with Crippen LogP contribution in [0.4, 0.5) is 5.13 Å². The van der Waals surface area contributed by atoms with Crippen molar-refractivity contribution >= 4 is 33.7 Å². The molecule has 2 heterocycles. The summed E-state index contributed by atoms with van der Waals surface area (Å²) in [7, 11) is 1.74. The molecule has 0 aliphatic heterocycles. The first-order valence-electron chi connectivity index (χ1n) is 5.84. The normalized spacial score (nSPS) is 10.5. The summed E-state index contributed by atoms with van der Waals surface area (Å²) in [5, 5.41) is 14.9. The van der Waals surface area contributed by atoms with Crippen LogP contribution in [-0.2, 0) is 6.54 Å². The zero-order valence-corrected chi connectivity index (χ0v) is 12.6. The summed E-state index contributed by atoms with van der Waals surface area (Å²) >= 11 is 2.85. The summed E-state index contributed by atoms with van der Waals surface area (Å²) in [5.41, 5.74) is 0.898. The molecule has 0 aromatic carbocycles. The Kier molecular flexibility index (Phi) is 4.43. The van der Waals surface area contributed by atoms with Crippen molar-refractivity contribution in [3.63, 3.8) is 0 Å². The standard InChI is InChI=1S/C11H15N5OS2/c1-4-12-11-15-14-9(19-11)10(17)16(3)5-8-6-18-7(2)13-8/h6H,4-5H2,1-3H3,(H,12,15). The average molecular weight is 297 g/mol. The molecule has 0 spiro atoms. The van der Waals surface area contributed by atoms with Gasteiger partial charge in [-0.15, -0.1) is 21.5 Å². The number of thiazole rings is 1. The molecular formula is C11H15N5OS2. The zero-order chi connectivity index (χ0) is 13.8. The molecule has 2 rings (SSSR count). The number of nitrogens with zero attached hydrogens (tertiary/aromatic N) is 4. The fourth-order valence-corrected chi connectivity index (χ4v) is 2.90. The molecule has 0 atom stereocenters. The van der Waals surface area contributed by atoms with Gasteiger partial charge < -0.3 is 10.2 Å². The largest absolute Gasteiger partial charge is 0.360 e. The van der Waals surface area contributed by atoms with Gasteiger partial charge in [-0.05, 0) is 13.8 Å². The number of nitrogens with one attached hydrogen (secondary N) is 1. The quantitative estimate of drug-likeness (QED) is 0.914. The monoisotopic (exact) mass is 297 g/mol. The molecule has 102 valence electrons. The fourth-order valence-electron chi connectivity index (χ4n) is 1.49. The van der Waals surface area contributed by atoms with Crippen LogP contribution >= 0.6 is 22.7 Å². The molecule has 8 heteroatoms. The van der Waals surface area contributed by atoms with Gasteiger partial charge in [0.25, 0.3) is 5.91 Å². The summed E-state index contributed by atoms with van der Waals surface area (Å²) in [4.78, 5) is 18.1. The smallest absolute Gasteiger partial charge is 0.285 e. The number of rotatable bonds is 5. The molecule has 6 nitrogen and oxygen atoms in total. The van der Waals surface area contributed by atoms with Crippen LogP contribution in [0.1, 0.15) is 27.4 Å². The minimum absolute atomic E-state index is 0.132. The number of aromatic nitrogens is 3. The van der Waals surface area contributed by atoms with Crippen LogP contribution in [0.5, 0.6) is 0 Å². The Morgan fingerprint density at radius 2 is 2.26 bits per heavy atom. The maximum absolute atomic E-state index is 12.2. The van der Waals surface area contributed by atoms with E-state index in [2.05, 4.69) is 20.5 Å². The van der Waals surface area contributed by atoms with Gasteiger partial charge in [-0.25, -0.2) is 4.98 Å². The van der Waals surface area contributed by atoms with Crippen LogP contribution < -0.4 is 5.32 Å². The number of carbonyl (C=O) groups excluding carboxylic acids is 1. The van der Waals surface area contributed by atoms with Gasteiger partial charge in [-0.3, -0.25) is 4.79 Å². The first-order valence-corrected chi connectivity index (χ1v) is 7.53. The van der Waals surface area contributed by atoms with Crippen molar-refractivity contribution in [3.8, 4) is 0 Å². The molecule has 2 aromatic heterocycles. The molecule has 0 saturated carbocycles. The maximum Gasteiger partial charge on any atom is 0.285 e. The van der Waals surface area contributed by atoms with E-state index in [9.17, 15) is 4.79 Å². The summed E-state index contributed by atoms with van der Waals surface area (Å²) in [6.45, 7) is 5.17. The number of aryl methyl sites for hydroxylation is 1. The van der Waals surface area contributed by atoms with Crippen molar-refractivity contribution in [2.75, 3.05) is 18.9 Å². The van der Waals surface area contributed by atoms with E-state index in [-0.39, 0.29) is 5.91 Å². The summed E-state index contributed by atoms with van der Waals surface area (Å²) in [6, 6.07) is 0. The number of amides is 1. The topological polar surface area (TPSA) is 71.0 Å². The molecule has 0 bridgehead atoms. The van der Waals surface area contributed by atoms with E-state index < -0.39 is 0 Å². The van der Waals surface area contributed by atoms with Crippen LogP contribution in [0, 0.1) is 6.92 Å². The highest BCUT2D eigenvalue weighted by Gasteiger charge is 2.18. The van der Waals surface area contributed by atoms with E-state index in [4.69, 9.17) is 0 Å². The lowest BCUT2D eigenvalue weighted by Gasteiger charge is -2.13. The van der Waals surface area contributed by atoms with Crippen LogP contribution in [0.3, 0.4) is 0 Å². The number of hydrogen-bond acceptors (Lipinski definition) is 7. The molecule has 1 amide bonds. The first kappa shape index (κ1) is 13.9. The Bertz CT molecular complexity index is 565. The van der Waals surface area contributed by atoms with Crippen molar-refractivity contribution < 1.29 is 4.79 Å². The summed E-state index contributed by atoms with van der Waals surface area (Å²) < 4.78 is 0. The number of carbonyl (C=O) groups is 1. The maximum atomic E-state index is 12.2. The second-order valence-corrected chi connectivity index (χ2v) is 6.00. The van der Waals surface area contributed by atoms with Crippen molar-refractivity contribution in [3.05, 3.63) is 21.1 Å². The van der Waals surface area contributed by atoms with Gasteiger partial charge in [0, 0.05) is 19.0 Å². The molecule has 0 aliphatic carbocycles. The lowest BCUT2D eigenvalue weighted by atomic mass is 10.4. The summed E-state index contributed by atoms with van der Waals surface area (Å²) in [6.07, 6.45) is 0. The highest BCUT2D eigenvalue weighted by Crippen LogP contribution is 2.17. The summed E-state index contributed by atoms with van der Waals surface area (Å²) in [5.74, 6) is -0.132. The minimum Gasteiger partial charge on any atom is -0.360 e. The highest BCUT2D eigenvalue weighted by atomic mass is 32.1. The number of anilines is 1. The predicted molar refractivity (Wildman–Crippen MR) is 76.7 cm³/mol. The molecule has 2 aromatic rings. The van der Waals surface area contributed by atoms with Crippen molar-refractivity contribution in [1.29, 1.82) is 0 Å². The Morgan fingerprint density at radius 1 is 1.47 bits per heavy atom. The van der Waals surface area contributed by atoms with E-state index in [1.807, 2.05) is 19.2 Å². The molecule has 0 saturated heterocycles. The third-order valence-electron chi connectivity index (χ3n) is 2.35. The molecule has 0 aliphatic rings. The minimum atomic E-state index is -0.132. The zero-order valence-electron chi connectivity index (χ0n) is 11.0. The SMILES string of the molecule is CCNc1nnc(C(=O)N(C)Cc2csc(C)n2)s1. The van der Waals surface area contributed by atoms with Gasteiger partial charge in [0.15, 0.2) is 0 Å². The second kappa shape index (κ2) is 6.07. The van der Waals surface area contributed by atoms with E-state index >= 15 is 0 Å². The van der Waals surface area contributed by atoms with E-state index in [0.717, 1.165) is 17.2 Å². The Balaban J connectivity index is 2.01. The number of hydrogen-bond donors (Lipinski definition) is 1.